The molecule has 0 bridgehead atoms. The molecule has 0 spiro atoms. The maximum absolute atomic E-state index is 5.89. The van der Waals surface area contributed by atoms with Gasteiger partial charge >= 0.3 is 0 Å². The van der Waals surface area contributed by atoms with E-state index in [2.05, 4.69) is 26.1 Å². The predicted molar refractivity (Wildman–Crippen MR) is 43.1 cm³/mol. The molecule has 0 aliphatic carbocycles. The van der Waals surface area contributed by atoms with Gasteiger partial charge in [-0.2, -0.15) is 0 Å². The third-order valence-electron chi connectivity index (χ3n) is 1.63. The molecule has 0 saturated carbocycles. The fourth-order valence-electron chi connectivity index (χ4n) is 0.596. The van der Waals surface area contributed by atoms with Crippen molar-refractivity contribution in [3.63, 3.8) is 0 Å². The molecular weight excluding hydrogens is 134 g/mol. The van der Waals surface area contributed by atoms with Gasteiger partial charge in [0.05, 0.1) is 0 Å². The molecule has 1 atom stereocenters. The SMILES string of the molecule is CCNC(C)(C)C(C)Cl. The zero-order valence-corrected chi connectivity index (χ0v) is 7.42. The summed E-state index contributed by atoms with van der Waals surface area (Å²) in [5.74, 6) is 0. The first-order chi connectivity index (χ1) is 4.00. The third kappa shape index (κ3) is 3.07. The summed E-state index contributed by atoms with van der Waals surface area (Å²) in [6, 6.07) is 0. The van der Waals surface area contributed by atoms with Gasteiger partial charge in [-0.3, -0.25) is 0 Å². The second-order valence-electron chi connectivity index (χ2n) is 2.87. The van der Waals surface area contributed by atoms with Crippen molar-refractivity contribution in [3.05, 3.63) is 0 Å². The fraction of sp³-hybridized carbons (Fsp3) is 1.00. The fourth-order valence-corrected chi connectivity index (χ4v) is 0.673. The zero-order chi connectivity index (χ0) is 7.49. The summed E-state index contributed by atoms with van der Waals surface area (Å²) >= 11 is 5.89. The Kier molecular flexibility index (Phi) is 3.52. The normalized spacial score (nSPS) is 15.7. The molecule has 0 aromatic rings. The maximum atomic E-state index is 5.89. The van der Waals surface area contributed by atoms with Crippen LogP contribution in [0, 0.1) is 0 Å². The van der Waals surface area contributed by atoms with Crippen molar-refractivity contribution < 1.29 is 0 Å². The minimum atomic E-state index is 0.0658. The lowest BCUT2D eigenvalue weighted by atomic mass is 10.0. The van der Waals surface area contributed by atoms with Gasteiger partial charge in [0.15, 0.2) is 0 Å². The predicted octanol–water partition coefficient (Wildman–Crippen LogP) is 2.00. The van der Waals surface area contributed by atoms with E-state index in [9.17, 15) is 0 Å². The summed E-state index contributed by atoms with van der Waals surface area (Å²) in [4.78, 5) is 0. The van der Waals surface area contributed by atoms with Crippen molar-refractivity contribution in [1.29, 1.82) is 0 Å². The summed E-state index contributed by atoms with van der Waals surface area (Å²) in [7, 11) is 0. The van der Waals surface area contributed by atoms with Gasteiger partial charge in [-0.05, 0) is 27.3 Å². The van der Waals surface area contributed by atoms with Gasteiger partial charge < -0.3 is 5.32 Å². The van der Waals surface area contributed by atoms with Gasteiger partial charge in [0.1, 0.15) is 0 Å². The molecular formula is C7H16ClN. The van der Waals surface area contributed by atoms with Gasteiger partial charge in [-0.1, -0.05) is 6.92 Å². The average Bonchev–Trinajstić information content (AvgIpc) is 1.65. The molecule has 0 aromatic heterocycles. The Balaban J connectivity index is 3.70. The maximum Gasteiger partial charge on any atom is 0.0484 e. The number of alkyl halides is 1. The number of halogens is 1. The molecule has 2 heteroatoms. The minimum Gasteiger partial charge on any atom is -0.311 e. The Labute approximate surface area is 62.8 Å². The Hall–Kier alpha value is 0.250. The molecule has 0 radical (unpaired) electrons. The van der Waals surface area contributed by atoms with Crippen molar-refractivity contribution in [2.45, 2.75) is 38.6 Å². The molecule has 0 heterocycles. The molecule has 1 nitrogen and oxygen atoms in total. The van der Waals surface area contributed by atoms with E-state index in [0.29, 0.717) is 0 Å². The first-order valence-electron chi connectivity index (χ1n) is 3.39. The van der Waals surface area contributed by atoms with Crippen LogP contribution >= 0.6 is 11.6 Å². The Morgan fingerprint density at radius 2 is 2.00 bits per heavy atom. The van der Waals surface area contributed by atoms with Crippen LogP contribution in [0.25, 0.3) is 0 Å². The van der Waals surface area contributed by atoms with Crippen LogP contribution in [0.3, 0.4) is 0 Å². The van der Waals surface area contributed by atoms with Crippen molar-refractivity contribution >= 4 is 11.6 Å². The van der Waals surface area contributed by atoms with E-state index in [1.54, 1.807) is 0 Å². The van der Waals surface area contributed by atoms with E-state index in [-0.39, 0.29) is 10.9 Å². The average molecular weight is 150 g/mol. The van der Waals surface area contributed by atoms with Crippen LogP contribution in [0.2, 0.25) is 0 Å². The highest BCUT2D eigenvalue weighted by atomic mass is 35.5. The number of hydrogen-bond acceptors (Lipinski definition) is 1. The molecule has 0 saturated heterocycles. The summed E-state index contributed by atoms with van der Waals surface area (Å²) in [5, 5.41) is 3.47. The minimum absolute atomic E-state index is 0.0658. The van der Waals surface area contributed by atoms with Gasteiger partial charge in [-0.25, -0.2) is 0 Å². The Morgan fingerprint density at radius 1 is 1.56 bits per heavy atom. The number of hydrogen-bond donors (Lipinski definition) is 1. The van der Waals surface area contributed by atoms with E-state index in [4.69, 9.17) is 11.6 Å². The molecule has 0 amide bonds. The molecule has 9 heavy (non-hydrogen) atoms. The number of nitrogens with one attached hydrogen (secondary N) is 1. The smallest absolute Gasteiger partial charge is 0.0484 e. The van der Waals surface area contributed by atoms with Crippen molar-refractivity contribution in [2.75, 3.05) is 6.54 Å². The molecule has 0 aliphatic heterocycles. The van der Waals surface area contributed by atoms with Gasteiger partial charge in [0, 0.05) is 10.9 Å². The van der Waals surface area contributed by atoms with Crippen LogP contribution in [0.1, 0.15) is 27.7 Å². The summed E-state index contributed by atoms with van der Waals surface area (Å²) in [6.07, 6.45) is 0. The first-order valence-corrected chi connectivity index (χ1v) is 3.83. The molecule has 0 rings (SSSR count). The lowest BCUT2D eigenvalue weighted by Gasteiger charge is -2.28. The first kappa shape index (κ1) is 9.25. The van der Waals surface area contributed by atoms with Crippen LogP contribution in [0.15, 0.2) is 0 Å². The molecule has 0 aliphatic rings. The van der Waals surface area contributed by atoms with Crippen LogP contribution in [0.4, 0.5) is 0 Å². The second-order valence-corrected chi connectivity index (χ2v) is 3.52. The van der Waals surface area contributed by atoms with E-state index < -0.39 is 0 Å². The van der Waals surface area contributed by atoms with E-state index in [1.165, 1.54) is 0 Å². The van der Waals surface area contributed by atoms with Crippen LogP contribution in [0.5, 0.6) is 0 Å². The molecule has 1 unspecified atom stereocenters. The van der Waals surface area contributed by atoms with Gasteiger partial charge in [0.25, 0.3) is 0 Å². The zero-order valence-electron chi connectivity index (χ0n) is 6.66. The highest BCUT2D eigenvalue weighted by Gasteiger charge is 2.21. The number of rotatable bonds is 3. The Morgan fingerprint density at radius 3 is 2.11 bits per heavy atom. The second kappa shape index (κ2) is 3.43. The van der Waals surface area contributed by atoms with Gasteiger partial charge in [0.2, 0.25) is 0 Å². The topological polar surface area (TPSA) is 12.0 Å². The van der Waals surface area contributed by atoms with Crippen molar-refractivity contribution in [1.82, 2.24) is 5.32 Å². The Bertz CT molecular complexity index is 79.0. The summed E-state index contributed by atoms with van der Waals surface area (Å²) in [6.45, 7) is 9.28. The molecule has 0 fully saturated rings. The lowest BCUT2D eigenvalue weighted by Crippen LogP contribution is -2.45. The van der Waals surface area contributed by atoms with Crippen LogP contribution in [-0.2, 0) is 0 Å². The van der Waals surface area contributed by atoms with Gasteiger partial charge in [-0.15, -0.1) is 11.6 Å². The lowest BCUT2D eigenvalue weighted by molar-refractivity contribution is 0.393. The van der Waals surface area contributed by atoms with Crippen LogP contribution in [-0.4, -0.2) is 17.5 Å². The summed E-state index contributed by atoms with van der Waals surface area (Å²) in [5.41, 5.74) is 0.0658. The standard InChI is InChI=1S/C7H16ClN/c1-5-9-7(3,4)6(2)8/h6,9H,5H2,1-4H3. The quantitative estimate of drug-likeness (QED) is 0.606. The molecule has 1 N–H and O–H groups in total. The van der Waals surface area contributed by atoms with Crippen molar-refractivity contribution in [2.24, 2.45) is 0 Å². The summed E-state index contributed by atoms with van der Waals surface area (Å²) < 4.78 is 0. The monoisotopic (exact) mass is 149 g/mol. The molecule has 0 aromatic carbocycles. The third-order valence-corrected chi connectivity index (χ3v) is 2.17. The van der Waals surface area contributed by atoms with Crippen molar-refractivity contribution in [3.8, 4) is 0 Å². The highest BCUT2D eigenvalue weighted by molar-refractivity contribution is 6.21. The van der Waals surface area contributed by atoms with E-state index in [1.807, 2.05) is 6.92 Å². The largest absolute Gasteiger partial charge is 0.311 e. The van der Waals surface area contributed by atoms with E-state index in [0.717, 1.165) is 6.54 Å². The molecule has 56 valence electrons. The van der Waals surface area contributed by atoms with E-state index >= 15 is 0 Å². The highest BCUT2D eigenvalue weighted by Crippen LogP contribution is 2.13. The van der Waals surface area contributed by atoms with Crippen LogP contribution < -0.4 is 5.32 Å².